The first-order valence-electron chi connectivity index (χ1n) is 12.3. The van der Waals surface area contributed by atoms with E-state index in [9.17, 15) is 14.7 Å². The third-order valence-electron chi connectivity index (χ3n) is 6.91. The number of hydrogen-bond acceptors (Lipinski definition) is 5. The van der Waals surface area contributed by atoms with Gasteiger partial charge in [-0.15, -0.1) is 0 Å². The standard InChI is InChI=1S/C29H30N2O5/c32-28(33)27(17-20-9-11-21(12-10-20)18-31-13-15-35-16-14-31)30-29(34)36-19-26-24-7-3-1-5-22(24)23-6-2-4-8-25(23)26/h1-12,26-27H,13-19H2,(H,30,34)(H,32,33). The van der Waals surface area contributed by atoms with Gasteiger partial charge in [0, 0.05) is 32.0 Å². The Morgan fingerprint density at radius 2 is 1.50 bits per heavy atom. The molecule has 3 aromatic carbocycles. The van der Waals surface area contributed by atoms with Crippen molar-refractivity contribution in [2.45, 2.75) is 24.9 Å². The molecule has 1 saturated heterocycles. The second-order valence-electron chi connectivity index (χ2n) is 9.27. The maximum Gasteiger partial charge on any atom is 0.407 e. The molecule has 0 aromatic heterocycles. The molecular formula is C29H30N2O5. The van der Waals surface area contributed by atoms with Crippen LogP contribution < -0.4 is 5.32 Å². The summed E-state index contributed by atoms with van der Waals surface area (Å²) in [5.41, 5.74) is 6.51. The Balaban J connectivity index is 1.18. The summed E-state index contributed by atoms with van der Waals surface area (Å²) in [6, 6.07) is 23.0. The average molecular weight is 487 g/mol. The predicted octanol–water partition coefficient (Wildman–Crippen LogP) is 4.05. The monoisotopic (exact) mass is 486 g/mol. The third kappa shape index (κ3) is 5.42. The smallest absolute Gasteiger partial charge is 0.407 e. The molecule has 186 valence electrons. The van der Waals surface area contributed by atoms with E-state index in [1.165, 1.54) is 0 Å². The molecule has 0 bridgehead atoms. The van der Waals surface area contributed by atoms with Crippen molar-refractivity contribution in [2.24, 2.45) is 0 Å². The van der Waals surface area contributed by atoms with Crippen molar-refractivity contribution >= 4 is 12.1 Å². The SMILES string of the molecule is O=C(NC(Cc1ccc(CN2CCOCC2)cc1)C(=O)O)OCC1c2ccccc2-c2ccccc21. The number of carboxylic acid groups (broad SMARTS) is 1. The lowest BCUT2D eigenvalue weighted by atomic mass is 9.98. The van der Waals surface area contributed by atoms with Crippen LogP contribution in [-0.2, 0) is 27.2 Å². The molecule has 1 heterocycles. The second kappa shape index (κ2) is 10.9. The number of morpholine rings is 1. The van der Waals surface area contributed by atoms with Crippen LogP contribution in [0.15, 0.2) is 72.8 Å². The van der Waals surface area contributed by atoms with Crippen molar-refractivity contribution in [3.05, 3.63) is 95.1 Å². The summed E-state index contributed by atoms with van der Waals surface area (Å²) < 4.78 is 10.9. The number of hydrogen-bond donors (Lipinski definition) is 2. The molecule has 7 heteroatoms. The van der Waals surface area contributed by atoms with E-state index in [0.29, 0.717) is 0 Å². The molecule has 1 aliphatic heterocycles. The molecule has 0 spiro atoms. The zero-order valence-corrected chi connectivity index (χ0v) is 20.1. The van der Waals surface area contributed by atoms with Gasteiger partial charge in [0.2, 0.25) is 0 Å². The van der Waals surface area contributed by atoms with Gasteiger partial charge in [-0.2, -0.15) is 0 Å². The highest BCUT2D eigenvalue weighted by molar-refractivity contribution is 5.81. The fraction of sp³-hybridized carbons (Fsp3) is 0.310. The summed E-state index contributed by atoms with van der Waals surface area (Å²) in [4.78, 5) is 26.8. The Kier molecular flexibility index (Phi) is 7.30. The van der Waals surface area contributed by atoms with Crippen LogP contribution in [0.4, 0.5) is 4.79 Å². The first kappa shape index (κ1) is 24.0. The van der Waals surface area contributed by atoms with Crippen molar-refractivity contribution < 1.29 is 24.2 Å². The van der Waals surface area contributed by atoms with Crippen LogP contribution in [0.5, 0.6) is 0 Å². The normalized spacial score (nSPS) is 16.1. The summed E-state index contributed by atoms with van der Waals surface area (Å²) in [5, 5.41) is 12.2. The zero-order chi connectivity index (χ0) is 24.9. The first-order valence-corrected chi connectivity index (χ1v) is 12.3. The van der Waals surface area contributed by atoms with Gasteiger partial charge in [-0.05, 0) is 33.4 Å². The molecule has 2 N–H and O–H groups in total. The molecule has 2 aliphatic rings. The Morgan fingerprint density at radius 3 is 2.11 bits per heavy atom. The Morgan fingerprint density at radius 1 is 0.917 bits per heavy atom. The van der Waals surface area contributed by atoms with Gasteiger partial charge in [-0.25, -0.2) is 9.59 Å². The highest BCUT2D eigenvalue weighted by atomic mass is 16.5. The fourth-order valence-electron chi connectivity index (χ4n) is 5.02. The molecule has 1 aliphatic carbocycles. The Hall–Kier alpha value is -3.68. The van der Waals surface area contributed by atoms with Crippen molar-refractivity contribution in [1.29, 1.82) is 0 Å². The number of carbonyl (C=O) groups is 2. The number of fused-ring (bicyclic) bond motifs is 3. The number of aliphatic carboxylic acids is 1. The number of benzene rings is 3. The number of nitrogens with zero attached hydrogens (tertiary/aromatic N) is 1. The summed E-state index contributed by atoms with van der Waals surface area (Å²) in [5.74, 6) is -1.17. The van der Waals surface area contributed by atoms with Crippen molar-refractivity contribution in [2.75, 3.05) is 32.9 Å². The van der Waals surface area contributed by atoms with E-state index in [4.69, 9.17) is 9.47 Å². The van der Waals surface area contributed by atoms with E-state index in [1.807, 2.05) is 60.7 Å². The van der Waals surface area contributed by atoms with Gasteiger partial charge < -0.3 is 19.9 Å². The number of carbonyl (C=O) groups excluding carboxylic acids is 1. The molecule has 1 unspecified atom stereocenters. The summed E-state index contributed by atoms with van der Waals surface area (Å²) in [7, 11) is 0. The van der Waals surface area contributed by atoms with Gasteiger partial charge in [0.05, 0.1) is 13.2 Å². The van der Waals surface area contributed by atoms with Gasteiger partial charge in [0.25, 0.3) is 0 Å². The lowest BCUT2D eigenvalue weighted by molar-refractivity contribution is -0.139. The summed E-state index contributed by atoms with van der Waals surface area (Å²) >= 11 is 0. The number of nitrogens with one attached hydrogen (secondary N) is 1. The van der Waals surface area contributed by atoms with Crippen molar-refractivity contribution in [1.82, 2.24) is 10.2 Å². The predicted molar refractivity (Wildman–Crippen MR) is 136 cm³/mol. The van der Waals surface area contributed by atoms with Gasteiger partial charge in [-0.1, -0.05) is 72.8 Å². The van der Waals surface area contributed by atoms with E-state index in [2.05, 4.69) is 22.3 Å². The maximum absolute atomic E-state index is 12.6. The lowest BCUT2D eigenvalue weighted by Gasteiger charge is -2.26. The molecular weight excluding hydrogens is 456 g/mol. The molecule has 1 atom stereocenters. The van der Waals surface area contributed by atoms with E-state index < -0.39 is 18.1 Å². The van der Waals surface area contributed by atoms with Crippen molar-refractivity contribution in [3.63, 3.8) is 0 Å². The number of amides is 1. The molecule has 1 fully saturated rings. The first-order chi connectivity index (χ1) is 17.6. The van der Waals surface area contributed by atoms with Crippen LogP contribution in [0.2, 0.25) is 0 Å². The minimum Gasteiger partial charge on any atom is -0.480 e. The van der Waals surface area contributed by atoms with E-state index >= 15 is 0 Å². The molecule has 1 amide bonds. The number of carboxylic acids is 1. The van der Waals surface area contributed by atoms with Crippen LogP contribution in [0.1, 0.15) is 28.2 Å². The fourth-order valence-corrected chi connectivity index (χ4v) is 5.02. The minimum absolute atomic E-state index is 0.0783. The second-order valence-corrected chi connectivity index (χ2v) is 9.27. The molecule has 3 aromatic rings. The average Bonchev–Trinajstić information content (AvgIpc) is 3.22. The van der Waals surface area contributed by atoms with Crippen LogP contribution in [0.25, 0.3) is 11.1 Å². The van der Waals surface area contributed by atoms with Crippen LogP contribution >= 0.6 is 0 Å². The zero-order valence-electron chi connectivity index (χ0n) is 20.1. The number of ether oxygens (including phenoxy) is 2. The van der Waals surface area contributed by atoms with Gasteiger partial charge in [0.1, 0.15) is 12.6 Å². The molecule has 5 rings (SSSR count). The molecule has 0 saturated carbocycles. The van der Waals surface area contributed by atoms with E-state index in [1.54, 1.807) is 0 Å². The minimum atomic E-state index is -1.10. The topological polar surface area (TPSA) is 88.1 Å². The highest BCUT2D eigenvalue weighted by Gasteiger charge is 2.29. The maximum atomic E-state index is 12.6. The van der Waals surface area contributed by atoms with Gasteiger partial charge >= 0.3 is 12.1 Å². The van der Waals surface area contributed by atoms with Gasteiger partial charge in [0.15, 0.2) is 0 Å². The van der Waals surface area contributed by atoms with Crippen LogP contribution in [0, 0.1) is 0 Å². The Labute approximate surface area is 210 Å². The highest BCUT2D eigenvalue weighted by Crippen LogP contribution is 2.44. The van der Waals surface area contributed by atoms with E-state index in [0.717, 1.165) is 66.2 Å². The number of rotatable bonds is 8. The summed E-state index contributed by atoms with van der Waals surface area (Å²) in [6.45, 7) is 4.30. The third-order valence-corrected chi connectivity index (χ3v) is 6.91. The molecule has 7 nitrogen and oxygen atoms in total. The van der Waals surface area contributed by atoms with E-state index in [-0.39, 0.29) is 18.9 Å². The number of alkyl carbamates (subject to hydrolysis) is 1. The molecule has 0 radical (unpaired) electrons. The van der Waals surface area contributed by atoms with Gasteiger partial charge in [-0.3, -0.25) is 4.90 Å². The van der Waals surface area contributed by atoms with Crippen molar-refractivity contribution in [3.8, 4) is 11.1 Å². The molecule has 36 heavy (non-hydrogen) atoms. The summed E-state index contributed by atoms with van der Waals surface area (Å²) in [6.07, 6.45) is -0.551. The quantitative estimate of drug-likeness (QED) is 0.500. The van der Waals surface area contributed by atoms with Crippen LogP contribution in [0.3, 0.4) is 0 Å². The lowest BCUT2D eigenvalue weighted by Crippen LogP contribution is -2.42. The van der Waals surface area contributed by atoms with Crippen LogP contribution in [-0.4, -0.2) is 61.0 Å². The Bertz CT molecular complexity index is 1170. The largest absolute Gasteiger partial charge is 0.480 e.